The normalized spacial score (nSPS) is 11.9. The minimum atomic E-state index is -1.42. The van der Waals surface area contributed by atoms with Crippen LogP contribution in [0.5, 0.6) is 0 Å². The molecule has 0 bridgehead atoms. The zero-order valence-electron chi connectivity index (χ0n) is 8.01. The summed E-state index contributed by atoms with van der Waals surface area (Å²) >= 11 is 0. The van der Waals surface area contributed by atoms with Crippen molar-refractivity contribution in [3.05, 3.63) is 29.8 Å². The van der Waals surface area contributed by atoms with Gasteiger partial charge in [-0.1, -0.05) is 24.3 Å². The van der Waals surface area contributed by atoms with Crippen molar-refractivity contribution in [1.29, 1.82) is 5.26 Å². The molecule has 0 radical (unpaired) electrons. The minimum Gasteiger partial charge on any atom is -0.423 e. The standard InChI is InChI=1S/C10H12BNO2/c1-8(7-12)6-9-2-4-10(5-3-9)11(13)14/h2-5,8,13-14H,6H2,1H3. The third-order valence-corrected chi connectivity index (χ3v) is 2.04. The smallest absolute Gasteiger partial charge is 0.423 e. The summed E-state index contributed by atoms with van der Waals surface area (Å²) in [5, 5.41) is 26.3. The molecule has 14 heavy (non-hydrogen) atoms. The molecule has 0 aliphatic rings. The van der Waals surface area contributed by atoms with Crippen LogP contribution in [0.4, 0.5) is 0 Å². The van der Waals surface area contributed by atoms with Crippen molar-refractivity contribution < 1.29 is 10.0 Å². The Morgan fingerprint density at radius 3 is 2.36 bits per heavy atom. The molecule has 72 valence electrons. The lowest BCUT2D eigenvalue weighted by molar-refractivity contribution is 0.426. The average molecular weight is 189 g/mol. The molecule has 1 atom stereocenters. The van der Waals surface area contributed by atoms with Crippen molar-refractivity contribution in [2.45, 2.75) is 13.3 Å². The molecule has 0 aliphatic heterocycles. The van der Waals surface area contributed by atoms with E-state index in [9.17, 15) is 0 Å². The molecule has 0 saturated carbocycles. The Balaban J connectivity index is 2.70. The summed E-state index contributed by atoms with van der Waals surface area (Å²) in [6, 6.07) is 9.08. The number of nitriles is 1. The molecular formula is C10H12BNO2. The molecule has 1 aromatic rings. The van der Waals surface area contributed by atoms with Gasteiger partial charge in [0.2, 0.25) is 0 Å². The van der Waals surface area contributed by atoms with E-state index in [1.54, 1.807) is 12.1 Å². The van der Waals surface area contributed by atoms with Crippen molar-refractivity contribution in [2.24, 2.45) is 5.92 Å². The molecule has 0 aliphatic carbocycles. The van der Waals surface area contributed by atoms with Gasteiger partial charge in [-0.15, -0.1) is 0 Å². The van der Waals surface area contributed by atoms with Gasteiger partial charge in [-0.2, -0.15) is 5.26 Å². The number of nitrogens with zero attached hydrogens (tertiary/aromatic N) is 1. The highest BCUT2D eigenvalue weighted by molar-refractivity contribution is 6.58. The molecule has 1 unspecified atom stereocenters. The van der Waals surface area contributed by atoms with Crippen molar-refractivity contribution in [1.82, 2.24) is 0 Å². The first-order valence-corrected chi connectivity index (χ1v) is 4.48. The maximum Gasteiger partial charge on any atom is 0.488 e. The first-order chi connectivity index (χ1) is 6.63. The maximum absolute atomic E-state index is 8.85. The molecule has 0 spiro atoms. The van der Waals surface area contributed by atoms with Crippen LogP contribution in [0.25, 0.3) is 0 Å². The summed E-state index contributed by atoms with van der Waals surface area (Å²) in [7, 11) is -1.42. The summed E-state index contributed by atoms with van der Waals surface area (Å²) in [5.74, 6) is -0.0140. The Kier molecular flexibility index (Phi) is 3.69. The zero-order chi connectivity index (χ0) is 10.6. The summed E-state index contributed by atoms with van der Waals surface area (Å²) in [6.45, 7) is 1.86. The fraction of sp³-hybridized carbons (Fsp3) is 0.300. The fourth-order valence-electron chi connectivity index (χ4n) is 1.23. The molecule has 3 nitrogen and oxygen atoms in total. The molecule has 1 aromatic carbocycles. The van der Waals surface area contributed by atoms with E-state index in [1.165, 1.54) is 0 Å². The lowest BCUT2D eigenvalue weighted by Gasteiger charge is -2.04. The van der Waals surface area contributed by atoms with E-state index in [1.807, 2.05) is 19.1 Å². The summed E-state index contributed by atoms with van der Waals surface area (Å²) in [6.07, 6.45) is 0.693. The third kappa shape index (κ3) is 2.88. The van der Waals surface area contributed by atoms with E-state index in [2.05, 4.69) is 6.07 Å². The van der Waals surface area contributed by atoms with E-state index < -0.39 is 7.12 Å². The summed E-state index contributed by atoms with van der Waals surface area (Å²) in [5.41, 5.74) is 1.50. The highest BCUT2D eigenvalue weighted by Gasteiger charge is 2.10. The van der Waals surface area contributed by atoms with Crippen LogP contribution in [0.2, 0.25) is 0 Å². The van der Waals surface area contributed by atoms with E-state index in [-0.39, 0.29) is 5.92 Å². The van der Waals surface area contributed by atoms with Gasteiger partial charge in [0.25, 0.3) is 0 Å². The monoisotopic (exact) mass is 189 g/mol. The van der Waals surface area contributed by atoms with Crippen molar-refractivity contribution in [3.8, 4) is 6.07 Å². The Labute approximate surface area is 83.8 Å². The van der Waals surface area contributed by atoms with Gasteiger partial charge in [-0.3, -0.25) is 0 Å². The van der Waals surface area contributed by atoms with E-state index in [0.717, 1.165) is 5.56 Å². The Hall–Kier alpha value is -1.31. The van der Waals surface area contributed by atoms with Gasteiger partial charge in [0, 0.05) is 5.92 Å². The molecule has 1 rings (SSSR count). The number of hydrogen-bond acceptors (Lipinski definition) is 3. The Morgan fingerprint density at radius 2 is 1.93 bits per heavy atom. The van der Waals surface area contributed by atoms with Gasteiger partial charge in [-0.05, 0) is 24.4 Å². The Morgan fingerprint density at radius 1 is 1.36 bits per heavy atom. The van der Waals surface area contributed by atoms with E-state index in [4.69, 9.17) is 15.3 Å². The zero-order valence-corrected chi connectivity index (χ0v) is 8.01. The quantitative estimate of drug-likeness (QED) is 0.661. The van der Waals surface area contributed by atoms with Crippen molar-refractivity contribution in [2.75, 3.05) is 0 Å². The van der Waals surface area contributed by atoms with Gasteiger partial charge in [-0.25, -0.2) is 0 Å². The third-order valence-electron chi connectivity index (χ3n) is 2.04. The number of rotatable bonds is 3. The van der Waals surface area contributed by atoms with Gasteiger partial charge >= 0.3 is 7.12 Å². The predicted molar refractivity (Wildman–Crippen MR) is 54.7 cm³/mol. The second kappa shape index (κ2) is 4.80. The highest BCUT2D eigenvalue weighted by atomic mass is 16.4. The molecule has 0 heterocycles. The lowest BCUT2D eigenvalue weighted by Crippen LogP contribution is -2.29. The number of benzene rings is 1. The van der Waals surface area contributed by atoms with Crippen LogP contribution in [0, 0.1) is 17.2 Å². The molecule has 0 fully saturated rings. The predicted octanol–water partition coefficient (Wildman–Crippen LogP) is 0.0686. The lowest BCUT2D eigenvalue weighted by atomic mass is 9.80. The average Bonchev–Trinajstić information content (AvgIpc) is 2.18. The molecule has 0 aromatic heterocycles. The van der Waals surface area contributed by atoms with Gasteiger partial charge < -0.3 is 10.0 Å². The maximum atomic E-state index is 8.85. The second-order valence-electron chi connectivity index (χ2n) is 3.35. The van der Waals surface area contributed by atoms with Crippen LogP contribution < -0.4 is 5.46 Å². The fourth-order valence-corrected chi connectivity index (χ4v) is 1.23. The minimum absolute atomic E-state index is 0.0140. The van der Waals surface area contributed by atoms with Crippen LogP contribution in [-0.4, -0.2) is 17.2 Å². The summed E-state index contributed by atoms with van der Waals surface area (Å²) in [4.78, 5) is 0. The molecule has 0 amide bonds. The largest absolute Gasteiger partial charge is 0.488 e. The van der Waals surface area contributed by atoms with Crippen molar-refractivity contribution >= 4 is 12.6 Å². The first-order valence-electron chi connectivity index (χ1n) is 4.48. The van der Waals surface area contributed by atoms with Gasteiger partial charge in [0.15, 0.2) is 0 Å². The highest BCUT2D eigenvalue weighted by Crippen LogP contribution is 2.06. The van der Waals surface area contributed by atoms with Gasteiger partial charge in [0.1, 0.15) is 0 Å². The van der Waals surface area contributed by atoms with E-state index in [0.29, 0.717) is 11.9 Å². The summed E-state index contributed by atoms with van der Waals surface area (Å²) < 4.78 is 0. The molecule has 2 N–H and O–H groups in total. The number of hydrogen-bond donors (Lipinski definition) is 2. The second-order valence-corrected chi connectivity index (χ2v) is 3.35. The SMILES string of the molecule is CC(C#N)Cc1ccc(B(O)O)cc1. The molecule has 4 heteroatoms. The molecule has 0 saturated heterocycles. The Bertz CT molecular complexity index is 329. The van der Waals surface area contributed by atoms with Crippen LogP contribution in [0.3, 0.4) is 0 Å². The van der Waals surface area contributed by atoms with Crippen LogP contribution in [0.15, 0.2) is 24.3 Å². The van der Waals surface area contributed by atoms with E-state index >= 15 is 0 Å². The van der Waals surface area contributed by atoms with Crippen LogP contribution in [0.1, 0.15) is 12.5 Å². The van der Waals surface area contributed by atoms with Crippen LogP contribution in [-0.2, 0) is 6.42 Å². The van der Waals surface area contributed by atoms with Crippen LogP contribution >= 0.6 is 0 Å². The van der Waals surface area contributed by atoms with Gasteiger partial charge in [0.05, 0.1) is 6.07 Å². The van der Waals surface area contributed by atoms with Crippen molar-refractivity contribution in [3.63, 3.8) is 0 Å². The molecular weight excluding hydrogens is 177 g/mol. The topological polar surface area (TPSA) is 64.2 Å². The first kappa shape index (κ1) is 10.8.